The summed E-state index contributed by atoms with van der Waals surface area (Å²) in [4.78, 5) is 10.4. The lowest BCUT2D eigenvalue weighted by molar-refractivity contribution is -0.112. The van der Waals surface area contributed by atoms with Crippen LogP contribution in [-0.4, -0.2) is 11.1 Å². The molecular weight excluding hydrogens is 192 g/mol. The van der Waals surface area contributed by atoms with Gasteiger partial charge in [-0.05, 0) is 32.3 Å². The number of hydrogen-bond acceptors (Lipinski definition) is 1. The maximum absolute atomic E-state index is 10.4. The van der Waals surface area contributed by atoms with Crippen molar-refractivity contribution in [1.29, 1.82) is 0 Å². The third kappa shape index (κ3) is 7.89. The van der Waals surface area contributed by atoms with Crippen LogP contribution in [0, 0.1) is 0 Å². The van der Waals surface area contributed by atoms with Crippen molar-refractivity contribution in [2.75, 3.05) is 5.33 Å². The summed E-state index contributed by atoms with van der Waals surface area (Å²) >= 11 is 3.34. The van der Waals surface area contributed by atoms with E-state index in [1.807, 2.05) is 6.08 Å². The molecule has 0 atom stereocenters. The van der Waals surface area contributed by atoms with Gasteiger partial charge in [-0.3, -0.25) is 4.79 Å². The highest BCUT2D eigenvalue weighted by Gasteiger charge is 1.83. The quantitative estimate of drug-likeness (QED) is 0.383. The highest BCUT2D eigenvalue weighted by atomic mass is 79.9. The Morgan fingerprint density at radius 3 is 2.70 bits per heavy atom. The lowest BCUT2D eigenvalue weighted by Crippen LogP contribution is -1.80. The van der Waals surface area contributed by atoms with Gasteiger partial charge >= 0.3 is 0 Å². The minimum Gasteiger partial charge on any atom is -0.295 e. The first-order valence-electron chi connectivity index (χ1n) is 3.50. The molecule has 58 valence electrons. The minimum atomic E-state index is 0.138. The summed E-state index contributed by atoms with van der Waals surface area (Å²) in [7, 11) is 0. The lowest BCUT2D eigenvalue weighted by Gasteiger charge is -1.88. The fourth-order valence-corrected chi connectivity index (χ4v) is 1.00. The molecule has 0 saturated heterocycles. The molecule has 2 heteroatoms. The Kier molecular flexibility index (Phi) is 6.93. The fraction of sp³-hybridized carbons (Fsp3) is 0.625. The Morgan fingerprint density at radius 2 is 2.20 bits per heavy atom. The van der Waals surface area contributed by atoms with Crippen LogP contribution in [0.4, 0.5) is 0 Å². The first kappa shape index (κ1) is 9.89. The van der Waals surface area contributed by atoms with Crippen molar-refractivity contribution in [3.05, 3.63) is 12.2 Å². The third-order valence-corrected chi connectivity index (χ3v) is 1.67. The van der Waals surface area contributed by atoms with E-state index in [9.17, 15) is 4.79 Å². The number of alkyl halides is 1. The van der Waals surface area contributed by atoms with Crippen molar-refractivity contribution in [2.45, 2.75) is 26.2 Å². The zero-order valence-electron chi connectivity index (χ0n) is 6.27. The van der Waals surface area contributed by atoms with E-state index in [0.29, 0.717) is 0 Å². The van der Waals surface area contributed by atoms with Crippen molar-refractivity contribution in [2.24, 2.45) is 0 Å². The van der Waals surface area contributed by atoms with Gasteiger partial charge in [-0.15, -0.1) is 0 Å². The van der Waals surface area contributed by atoms with Crippen LogP contribution in [-0.2, 0) is 4.79 Å². The molecule has 0 N–H and O–H groups in total. The van der Waals surface area contributed by atoms with Crippen LogP contribution in [0.3, 0.4) is 0 Å². The fourth-order valence-electron chi connectivity index (χ4n) is 0.606. The van der Waals surface area contributed by atoms with E-state index in [1.54, 1.807) is 13.0 Å². The molecule has 0 heterocycles. The van der Waals surface area contributed by atoms with Crippen molar-refractivity contribution < 1.29 is 4.79 Å². The number of carbonyl (C=O) groups excluding carboxylic acids is 1. The molecule has 0 aliphatic rings. The van der Waals surface area contributed by atoms with Gasteiger partial charge in [0, 0.05) is 5.33 Å². The zero-order chi connectivity index (χ0) is 7.82. The van der Waals surface area contributed by atoms with Gasteiger partial charge in [0.1, 0.15) is 0 Å². The summed E-state index contributed by atoms with van der Waals surface area (Å²) in [6.07, 6.45) is 6.93. The van der Waals surface area contributed by atoms with Crippen molar-refractivity contribution in [3.8, 4) is 0 Å². The molecule has 0 aliphatic heterocycles. The molecule has 0 amide bonds. The Balaban J connectivity index is 3.10. The van der Waals surface area contributed by atoms with E-state index in [1.165, 1.54) is 6.42 Å². The van der Waals surface area contributed by atoms with Crippen LogP contribution in [0.25, 0.3) is 0 Å². The highest BCUT2D eigenvalue weighted by molar-refractivity contribution is 9.09. The van der Waals surface area contributed by atoms with Crippen molar-refractivity contribution in [3.63, 3.8) is 0 Å². The van der Waals surface area contributed by atoms with Crippen molar-refractivity contribution >= 4 is 21.7 Å². The maximum atomic E-state index is 10.4. The van der Waals surface area contributed by atoms with Gasteiger partial charge in [0.15, 0.2) is 5.78 Å². The highest BCUT2D eigenvalue weighted by Crippen LogP contribution is 1.98. The number of ketones is 1. The average Bonchev–Trinajstić information content (AvgIpc) is 1.87. The second kappa shape index (κ2) is 7.00. The molecule has 1 nitrogen and oxygen atoms in total. The van der Waals surface area contributed by atoms with Gasteiger partial charge < -0.3 is 0 Å². The predicted octanol–water partition coefficient (Wildman–Crippen LogP) is 2.70. The average molecular weight is 205 g/mol. The summed E-state index contributed by atoms with van der Waals surface area (Å²) < 4.78 is 0. The van der Waals surface area contributed by atoms with Crippen LogP contribution in [0.2, 0.25) is 0 Å². The second-order valence-electron chi connectivity index (χ2n) is 2.20. The molecule has 0 radical (unpaired) electrons. The molecule has 0 aliphatic carbocycles. The normalized spacial score (nSPS) is 10.6. The number of hydrogen-bond donors (Lipinski definition) is 0. The minimum absolute atomic E-state index is 0.138. The molecule has 0 spiro atoms. The number of carbonyl (C=O) groups is 1. The van der Waals surface area contributed by atoms with Gasteiger partial charge in [0.05, 0.1) is 0 Å². The number of unbranched alkanes of at least 4 members (excludes halogenated alkanes) is 2. The summed E-state index contributed by atoms with van der Waals surface area (Å²) in [6, 6.07) is 0. The van der Waals surface area contributed by atoms with Gasteiger partial charge in [0.2, 0.25) is 0 Å². The Bertz CT molecular complexity index is 118. The molecule has 0 rings (SSSR count). The molecule has 0 fully saturated rings. The smallest absolute Gasteiger partial charge is 0.152 e. The standard InChI is InChI=1S/C8H13BrO/c1-8(10)6-4-2-3-5-7-9/h4,6H,2-3,5,7H2,1H3/b6-4+. The topological polar surface area (TPSA) is 17.1 Å². The van der Waals surface area contributed by atoms with Crippen LogP contribution < -0.4 is 0 Å². The summed E-state index contributed by atoms with van der Waals surface area (Å²) in [5, 5.41) is 1.06. The van der Waals surface area contributed by atoms with Crippen LogP contribution >= 0.6 is 15.9 Å². The van der Waals surface area contributed by atoms with E-state index in [2.05, 4.69) is 15.9 Å². The summed E-state index contributed by atoms with van der Waals surface area (Å²) in [5.74, 6) is 0.138. The molecule has 0 saturated carbocycles. The van der Waals surface area contributed by atoms with Gasteiger partial charge in [-0.2, -0.15) is 0 Å². The van der Waals surface area contributed by atoms with Crippen LogP contribution in [0.5, 0.6) is 0 Å². The zero-order valence-corrected chi connectivity index (χ0v) is 7.86. The first-order chi connectivity index (χ1) is 4.77. The molecule has 0 unspecified atom stereocenters. The lowest BCUT2D eigenvalue weighted by atomic mass is 10.2. The Labute approximate surface area is 70.6 Å². The van der Waals surface area contributed by atoms with Gasteiger partial charge in [-0.1, -0.05) is 22.0 Å². The van der Waals surface area contributed by atoms with E-state index >= 15 is 0 Å². The van der Waals surface area contributed by atoms with E-state index in [4.69, 9.17) is 0 Å². The van der Waals surface area contributed by atoms with E-state index in [-0.39, 0.29) is 5.78 Å². The van der Waals surface area contributed by atoms with Crippen LogP contribution in [0.15, 0.2) is 12.2 Å². The first-order valence-corrected chi connectivity index (χ1v) is 4.62. The van der Waals surface area contributed by atoms with E-state index in [0.717, 1.165) is 18.2 Å². The molecule has 0 aromatic rings. The maximum Gasteiger partial charge on any atom is 0.152 e. The SMILES string of the molecule is CC(=O)/C=C/CCCCBr. The van der Waals surface area contributed by atoms with Crippen molar-refractivity contribution in [1.82, 2.24) is 0 Å². The number of rotatable bonds is 5. The van der Waals surface area contributed by atoms with Gasteiger partial charge in [0.25, 0.3) is 0 Å². The largest absolute Gasteiger partial charge is 0.295 e. The summed E-state index contributed by atoms with van der Waals surface area (Å²) in [6.45, 7) is 1.57. The molecule has 0 aromatic carbocycles. The number of halogens is 1. The molecule has 10 heavy (non-hydrogen) atoms. The van der Waals surface area contributed by atoms with E-state index < -0.39 is 0 Å². The monoisotopic (exact) mass is 204 g/mol. The second-order valence-corrected chi connectivity index (χ2v) is 2.99. The Hall–Kier alpha value is -0.110. The van der Waals surface area contributed by atoms with Gasteiger partial charge in [-0.25, -0.2) is 0 Å². The third-order valence-electron chi connectivity index (χ3n) is 1.11. The molecule has 0 bridgehead atoms. The molecule has 0 aromatic heterocycles. The molecular formula is C8H13BrO. The summed E-state index contributed by atoms with van der Waals surface area (Å²) in [5.41, 5.74) is 0. The number of allylic oxidation sites excluding steroid dienone is 2. The predicted molar refractivity (Wildman–Crippen MR) is 47.5 cm³/mol. The Morgan fingerprint density at radius 1 is 1.50 bits per heavy atom. The van der Waals surface area contributed by atoms with Crippen LogP contribution in [0.1, 0.15) is 26.2 Å².